The van der Waals surface area contributed by atoms with Crippen molar-refractivity contribution in [2.45, 2.75) is 23.8 Å². The Bertz CT molecular complexity index is 937. The third-order valence-corrected chi connectivity index (χ3v) is 6.69. The maximum atomic E-state index is 12.9. The summed E-state index contributed by atoms with van der Waals surface area (Å²) in [4.78, 5) is 38.3. The number of nitrogens with zero attached hydrogens (tertiary/aromatic N) is 1. The Balaban J connectivity index is 1.41. The third kappa shape index (κ3) is 3.72. The zero-order chi connectivity index (χ0) is 20.4. The topological polar surface area (TPSA) is 75.7 Å². The summed E-state index contributed by atoms with van der Waals surface area (Å²) in [5, 5.41) is 2.53. The first kappa shape index (κ1) is 19.4. The van der Waals surface area contributed by atoms with Crippen LogP contribution < -0.4 is 5.32 Å². The highest BCUT2D eigenvalue weighted by Gasteiger charge is 2.57. The molecule has 29 heavy (non-hydrogen) atoms. The molecule has 2 aromatic rings. The number of nitrogens with one attached hydrogen (secondary N) is 1. The molecular weight excluding hydrogens is 395 g/mol. The molecule has 0 aromatic heterocycles. The van der Waals surface area contributed by atoms with E-state index in [-0.39, 0.29) is 5.91 Å². The van der Waals surface area contributed by atoms with E-state index in [1.807, 2.05) is 30.3 Å². The molecule has 4 rings (SSSR count). The lowest BCUT2D eigenvalue weighted by Crippen LogP contribution is -2.47. The average molecular weight is 414 g/mol. The molecule has 6 nitrogen and oxygen atoms in total. The summed E-state index contributed by atoms with van der Waals surface area (Å²) in [7, 11) is 0. The van der Waals surface area contributed by atoms with Gasteiger partial charge in [-0.25, -0.2) is 9.18 Å². The highest BCUT2D eigenvalue weighted by molar-refractivity contribution is 8.00. The van der Waals surface area contributed by atoms with Gasteiger partial charge in [0.15, 0.2) is 6.61 Å². The molecule has 2 heterocycles. The fraction of sp³-hybridized carbons (Fsp3) is 0.286. The Morgan fingerprint density at radius 1 is 1.17 bits per heavy atom. The molecule has 0 unspecified atom stereocenters. The summed E-state index contributed by atoms with van der Waals surface area (Å²) in [6.45, 7) is -0.474. The Kier molecular flexibility index (Phi) is 5.27. The van der Waals surface area contributed by atoms with E-state index in [1.165, 1.54) is 24.3 Å². The van der Waals surface area contributed by atoms with Gasteiger partial charge in [-0.15, -0.1) is 11.8 Å². The minimum absolute atomic E-state index is 0.0865. The molecule has 2 atom stereocenters. The van der Waals surface area contributed by atoms with Crippen LogP contribution in [0.3, 0.4) is 0 Å². The van der Waals surface area contributed by atoms with Crippen LogP contribution in [0.2, 0.25) is 0 Å². The van der Waals surface area contributed by atoms with Crippen LogP contribution in [0.4, 0.5) is 10.1 Å². The quantitative estimate of drug-likeness (QED) is 0.762. The van der Waals surface area contributed by atoms with Crippen molar-refractivity contribution in [3.63, 3.8) is 0 Å². The van der Waals surface area contributed by atoms with E-state index >= 15 is 0 Å². The number of amides is 2. The summed E-state index contributed by atoms with van der Waals surface area (Å²) in [6, 6.07) is 14.2. The molecule has 0 spiro atoms. The molecule has 2 aliphatic heterocycles. The molecule has 0 bridgehead atoms. The average Bonchev–Trinajstić information content (AvgIpc) is 3.28. The first-order valence-corrected chi connectivity index (χ1v) is 10.2. The number of carbonyl (C=O) groups excluding carboxylic acids is 3. The highest BCUT2D eigenvalue weighted by atomic mass is 32.2. The summed E-state index contributed by atoms with van der Waals surface area (Å²) in [6.07, 6.45) is 1.01. The number of rotatable bonds is 5. The molecule has 0 radical (unpaired) electrons. The summed E-state index contributed by atoms with van der Waals surface area (Å²) in [5.41, 5.74) is 1.39. The van der Waals surface area contributed by atoms with E-state index in [2.05, 4.69) is 5.32 Å². The van der Waals surface area contributed by atoms with Gasteiger partial charge in [-0.3, -0.25) is 9.59 Å². The number of hydrogen-bond donors (Lipinski definition) is 1. The normalized spacial score (nSPS) is 23.0. The van der Waals surface area contributed by atoms with Crippen LogP contribution in [0.5, 0.6) is 0 Å². The van der Waals surface area contributed by atoms with Crippen LogP contribution in [-0.2, 0) is 24.0 Å². The number of esters is 1. The molecular formula is C21H19FN2O4S. The van der Waals surface area contributed by atoms with E-state index in [0.717, 1.165) is 5.56 Å². The lowest BCUT2D eigenvalue weighted by molar-refractivity contribution is -0.155. The molecule has 2 amide bonds. The second-order valence-electron chi connectivity index (χ2n) is 6.90. The van der Waals surface area contributed by atoms with Gasteiger partial charge in [0.05, 0.1) is 0 Å². The smallest absolute Gasteiger partial charge is 0.330 e. The summed E-state index contributed by atoms with van der Waals surface area (Å²) >= 11 is 1.56. The number of anilines is 1. The van der Waals surface area contributed by atoms with Gasteiger partial charge >= 0.3 is 5.97 Å². The van der Waals surface area contributed by atoms with E-state index in [4.69, 9.17) is 4.74 Å². The third-order valence-electron chi connectivity index (χ3n) is 5.10. The molecule has 2 aliphatic rings. The second-order valence-corrected chi connectivity index (χ2v) is 8.20. The molecule has 2 saturated heterocycles. The van der Waals surface area contributed by atoms with Crippen LogP contribution in [0.25, 0.3) is 0 Å². The Morgan fingerprint density at radius 2 is 1.90 bits per heavy atom. The number of halogens is 1. The van der Waals surface area contributed by atoms with Gasteiger partial charge in [0.2, 0.25) is 5.91 Å². The van der Waals surface area contributed by atoms with E-state index in [9.17, 15) is 18.8 Å². The van der Waals surface area contributed by atoms with Gasteiger partial charge in [-0.05, 0) is 36.2 Å². The van der Waals surface area contributed by atoms with Gasteiger partial charge in [0, 0.05) is 17.9 Å². The van der Waals surface area contributed by atoms with Crippen LogP contribution >= 0.6 is 11.8 Å². The highest BCUT2D eigenvalue weighted by Crippen LogP contribution is 2.54. The van der Waals surface area contributed by atoms with Crippen LogP contribution in [0.15, 0.2) is 54.6 Å². The van der Waals surface area contributed by atoms with Crippen molar-refractivity contribution in [2.24, 2.45) is 0 Å². The minimum Gasteiger partial charge on any atom is -0.454 e. The van der Waals surface area contributed by atoms with Crippen molar-refractivity contribution in [3.05, 3.63) is 66.0 Å². The first-order valence-electron chi connectivity index (χ1n) is 9.23. The number of ether oxygens (including phenoxy) is 1. The Morgan fingerprint density at radius 3 is 2.62 bits per heavy atom. The fourth-order valence-electron chi connectivity index (χ4n) is 3.78. The second kappa shape index (κ2) is 7.87. The van der Waals surface area contributed by atoms with Gasteiger partial charge in [0.25, 0.3) is 5.91 Å². The molecule has 0 saturated carbocycles. The van der Waals surface area contributed by atoms with E-state index < -0.39 is 35.2 Å². The predicted octanol–water partition coefficient (Wildman–Crippen LogP) is 2.90. The minimum atomic E-state index is -0.728. The molecule has 0 aliphatic carbocycles. The molecule has 1 N–H and O–H groups in total. The predicted molar refractivity (Wildman–Crippen MR) is 106 cm³/mol. The number of hydrogen-bond acceptors (Lipinski definition) is 5. The molecule has 8 heteroatoms. The lowest BCUT2D eigenvalue weighted by atomic mass is 10.0. The fourth-order valence-corrected chi connectivity index (χ4v) is 5.42. The van der Waals surface area contributed by atoms with Crippen molar-refractivity contribution in [3.8, 4) is 0 Å². The zero-order valence-electron chi connectivity index (χ0n) is 15.5. The lowest BCUT2D eigenvalue weighted by Gasteiger charge is -2.33. The molecule has 2 aromatic carbocycles. The standard InChI is InChI=1S/C21H19FN2O4S/c22-15-6-8-16(9-7-15)23-18(25)12-28-20(27)17-13-29-21(11-10-19(26)24(17)21)14-4-2-1-3-5-14/h1-9,17H,10-13H2,(H,23,25)/t17-,21-/m1/s1. The maximum Gasteiger partial charge on any atom is 0.330 e. The number of carbonyl (C=O) groups is 3. The largest absolute Gasteiger partial charge is 0.454 e. The van der Waals surface area contributed by atoms with Gasteiger partial charge in [0.1, 0.15) is 16.7 Å². The first-order chi connectivity index (χ1) is 14.0. The molecule has 2 fully saturated rings. The van der Waals surface area contributed by atoms with Gasteiger partial charge < -0.3 is 15.0 Å². The van der Waals surface area contributed by atoms with Crippen LogP contribution in [-0.4, -0.2) is 41.1 Å². The number of fused-ring (bicyclic) bond motifs is 1. The maximum absolute atomic E-state index is 12.9. The number of thioether (sulfide) groups is 1. The zero-order valence-corrected chi connectivity index (χ0v) is 16.3. The van der Waals surface area contributed by atoms with Crippen molar-refractivity contribution in [1.82, 2.24) is 4.90 Å². The number of benzene rings is 2. The van der Waals surface area contributed by atoms with Gasteiger partial charge in [-0.1, -0.05) is 30.3 Å². The Labute approximate surface area is 171 Å². The van der Waals surface area contributed by atoms with Crippen molar-refractivity contribution >= 4 is 35.2 Å². The Hall–Kier alpha value is -2.87. The van der Waals surface area contributed by atoms with Crippen molar-refractivity contribution < 1.29 is 23.5 Å². The monoisotopic (exact) mass is 414 g/mol. The van der Waals surface area contributed by atoms with Gasteiger partial charge in [-0.2, -0.15) is 0 Å². The van der Waals surface area contributed by atoms with Crippen LogP contribution in [0, 0.1) is 5.82 Å². The summed E-state index contributed by atoms with van der Waals surface area (Å²) < 4.78 is 18.1. The molecule has 150 valence electrons. The van der Waals surface area contributed by atoms with Crippen molar-refractivity contribution in [2.75, 3.05) is 17.7 Å². The summed E-state index contributed by atoms with van der Waals surface area (Å²) in [5.74, 6) is -1.21. The van der Waals surface area contributed by atoms with E-state index in [0.29, 0.717) is 24.3 Å². The van der Waals surface area contributed by atoms with Crippen LogP contribution in [0.1, 0.15) is 18.4 Å². The van der Waals surface area contributed by atoms with E-state index in [1.54, 1.807) is 16.7 Å². The van der Waals surface area contributed by atoms with Crippen molar-refractivity contribution in [1.29, 1.82) is 0 Å². The SMILES string of the molecule is O=C(COC(=O)[C@H]1CS[C@@]2(c3ccccc3)CCC(=O)N12)Nc1ccc(F)cc1.